The number of hydrogen-bond donors (Lipinski definition) is 1. The Morgan fingerprint density at radius 1 is 1.05 bits per heavy atom. The van der Waals surface area contributed by atoms with E-state index >= 15 is 0 Å². The van der Waals surface area contributed by atoms with Crippen LogP contribution < -0.4 is 5.32 Å². The molecule has 0 amide bonds. The van der Waals surface area contributed by atoms with Crippen LogP contribution in [0.2, 0.25) is 0 Å². The van der Waals surface area contributed by atoms with Crippen molar-refractivity contribution >= 4 is 0 Å². The Hall–Kier alpha value is -0.820. The van der Waals surface area contributed by atoms with E-state index in [1.165, 1.54) is 49.7 Å². The first-order chi connectivity index (χ1) is 9.67. The van der Waals surface area contributed by atoms with Gasteiger partial charge in [0.05, 0.1) is 0 Å². The van der Waals surface area contributed by atoms with Crippen LogP contribution in [0.1, 0.15) is 64.0 Å². The van der Waals surface area contributed by atoms with E-state index in [0.717, 1.165) is 13.1 Å². The molecule has 0 spiro atoms. The first-order valence-electron chi connectivity index (χ1n) is 8.42. The van der Waals surface area contributed by atoms with Gasteiger partial charge in [-0.3, -0.25) is 0 Å². The van der Waals surface area contributed by atoms with Gasteiger partial charge in [-0.1, -0.05) is 57.9 Å². The summed E-state index contributed by atoms with van der Waals surface area (Å²) in [4.78, 5) is 0. The smallest absolute Gasteiger partial charge is 0.00109 e. The van der Waals surface area contributed by atoms with Crippen molar-refractivity contribution in [3.63, 3.8) is 0 Å². The molecule has 1 rings (SSSR count). The van der Waals surface area contributed by atoms with Crippen molar-refractivity contribution in [2.24, 2.45) is 5.41 Å². The summed E-state index contributed by atoms with van der Waals surface area (Å²) < 4.78 is 0. The Balaban J connectivity index is 2.81. The third kappa shape index (κ3) is 5.28. The molecule has 1 atom stereocenters. The Bertz CT molecular complexity index is 372. The lowest BCUT2D eigenvalue weighted by atomic mass is 9.74. The normalized spacial score (nSPS) is 14.2. The van der Waals surface area contributed by atoms with Gasteiger partial charge >= 0.3 is 0 Å². The molecule has 1 heteroatoms. The SMILES string of the molecule is CCCCC(CC)(CNCCC)Cc1ccccc1C. The molecule has 1 aromatic rings. The summed E-state index contributed by atoms with van der Waals surface area (Å²) in [7, 11) is 0. The zero-order valence-electron chi connectivity index (χ0n) is 14.0. The van der Waals surface area contributed by atoms with Crippen molar-refractivity contribution in [3.05, 3.63) is 35.4 Å². The molecular weight excluding hydrogens is 242 g/mol. The summed E-state index contributed by atoms with van der Waals surface area (Å²) in [5.74, 6) is 0. The maximum atomic E-state index is 3.68. The minimum Gasteiger partial charge on any atom is -0.316 e. The molecule has 0 saturated carbocycles. The van der Waals surface area contributed by atoms with Gasteiger partial charge in [0.2, 0.25) is 0 Å². The zero-order valence-corrected chi connectivity index (χ0v) is 14.0. The van der Waals surface area contributed by atoms with Gasteiger partial charge in [0.15, 0.2) is 0 Å². The highest BCUT2D eigenvalue weighted by Gasteiger charge is 2.27. The first-order valence-corrected chi connectivity index (χ1v) is 8.42. The van der Waals surface area contributed by atoms with E-state index < -0.39 is 0 Å². The molecule has 20 heavy (non-hydrogen) atoms. The Morgan fingerprint density at radius 3 is 2.40 bits per heavy atom. The van der Waals surface area contributed by atoms with Crippen molar-refractivity contribution in [1.82, 2.24) is 5.32 Å². The molecule has 0 aliphatic rings. The molecule has 0 radical (unpaired) electrons. The van der Waals surface area contributed by atoms with Crippen molar-refractivity contribution in [1.29, 1.82) is 0 Å². The molecule has 114 valence electrons. The summed E-state index contributed by atoms with van der Waals surface area (Å²) in [6.45, 7) is 11.4. The third-order valence-corrected chi connectivity index (χ3v) is 4.56. The summed E-state index contributed by atoms with van der Waals surface area (Å²) >= 11 is 0. The lowest BCUT2D eigenvalue weighted by Gasteiger charge is -2.34. The minimum absolute atomic E-state index is 0.428. The van der Waals surface area contributed by atoms with E-state index in [9.17, 15) is 0 Å². The molecule has 0 fully saturated rings. The molecule has 0 aliphatic heterocycles. The van der Waals surface area contributed by atoms with Crippen LogP contribution in [-0.2, 0) is 6.42 Å². The molecule has 0 bridgehead atoms. The van der Waals surface area contributed by atoms with Gasteiger partial charge in [0.25, 0.3) is 0 Å². The van der Waals surface area contributed by atoms with E-state index in [4.69, 9.17) is 0 Å². The number of rotatable bonds is 10. The average Bonchev–Trinajstić information content (AvgIpc) is 2.47. The lowest BCUT2D eigenvalue weighted by Crippen LogP contribution is -2.36. The Kier molecular flexibility index (Phi) is 7.91. The van der Waals surface area contributed by atoms with Crippen LogP contribution in [-0.4, -0.2) is 13.1 Å². The standard InChI is InChI=1S/C19H33N/c1-5-8-13-19(7-3,16-20-14-6-2)15-18-12-10-9-11-17(18)4/h9-12,20H,5-8,13-16H2,1-4H3. The summed E-state index contributed by atoms with van der Waals surface area (Å²) in [5, 5.41) is 3.68. The van der Waals surface area contributed by atoms with Gasteiger partial charge in [-0.05, 0) is 55.7 Å². The van der Waals surface area contributed by atoms with Crippen LogP contribution >= 0.6 is 0 Å². The molecule has 1 unspecified atom stereocenters. The predicted octanol–water partition coefficient (Wildman–Crippen LogP) is 5.12. The fourth-order valence-corrected chi connectivity index (χ4v) is 2.96. The van der Waals surface area contributed by atoms with E-state index in [0.29, 0.717) is 5.41 Å². The van der Waals surface area contributed by atoms with Gasteiger partial charge in [-0.25, -0.2) is 0 Å². The highest BCUT2D eigenvalue weighted by Crippen LogP contribution is 2.33. The molecule has 1 aromatic carbocycles. The van der Waals surface area contributed by atoms with Crippen LogP contribution in [0.5, 0.6) is 0 Å². The highest BCUT2D eigenvalue weighted by molar-refractivity contribution is 5.26. The monoisotopic (exact) mass is 275 g/mol. The second kappa shape index (κ2) is 9.18. The second-order valence-electron chi connectivity index (χ2n) is 6.24. The van der Waals surface area contributed by atoms with Crippen LogP contribution in [0.4, 0.5) is 0 Å². The van der Waals surface area contributed by atoms with Crippen molar-refractivity contribution in [2.45, 2.75) is 66.2 Å². The van der Waals surface area contributed by atoms with Gasteiger partial charge in [0.1, 0.15) is 0 Å². The molecule has 0 aliphatic carbocycles. The number of aryl methyl sites for hydroxylation is 1. The predicted molar refractivity (Wildman–Crippen MR) is 90.3 cm³/mol. The number of unbranched alkanes of at least 4 members (excludes halogenated alkanes) is 1. The number of nitrogens with one attached hydrogen (secondary N) is 1. The average molecular weight is 275 g/mol. The largest absolute Gasteiger partial charge is 0.316 e. The molecule has 1 N–H and O–H groups in total. The van der Waals surface area contributed by atoms with Gasteiger partial charge in [0, 0.05) is 6.54 Å². The molecule has 0 aromatic heterocycles. The Labute approximate surface area is 126 Å². The fraction of sp³-hybridized carbons (Fsp3) is 0.684. The van der Waals surface area contributed by atoms with Crippen molar-refractivity contribution < 1.29 is 0 Å². The third-order valence-electron chi connectivity index (χ3n) is 4.56. The van der Waals surface area contributed by atoms with Crippen LogP contribution in [0, 0.1) is 12.3 Å². The van der Waals surface area contributed by atoms with Crippen LogP contribution in [0.15, 0.2) is 24.3 Å². The van der Waals surface area contributed by atoms with Crippen LogP contribution in [0.3, 0.4) is 0 Å². The number of hydrogen-bond acceptors (Lipinski definition) is 1. The maximum absolute atomic E-state index is 3.68. The molecule has 0 heterocycles. The quantitative estimate of drug-likeness (QED) is 0.584. The maximum Gasteiger partial charge on any atom is 0.00109 e. The topological polar surface area (TPSA) is 12.0 Å². The van der Waals surface area contributed by atoms with Crippen molar-refractivity contribution in [2.75, 3.05) is 13.1 Å². The van der Waals surface area contributed by atoms with Crippen molar-refractivity contribution in [3.8, 4) is 0 Å². The summed E-state index contributed by atoms with van der Waals surface area (Å²) in [6.07, 6.45) is 7.67. The molecule has 1 nitrogen and oxygen atoms in total. The summed E-state index contributed by atoms with van der Waals surface area (Å²) in [5.41, 5.74) is 3.40. The first kappa shape index (κ1) is 17.2. The van der Waals surface area contributed by atoms with E-state index in [-0.39, 0.29) is 0 Å². The van der Waals surface area contributed by atoms with E-state index in [1.807, 2.05) is 0 Å². The lowest BCUT2D eigenvalue weighted by molar-refractivity contribution is 0.229. The molecule has 0 saturated heterocycles. The molecular formula is C19H33N. The fourth-order valence-electron chi connectivity index (χ4n) is 2.96. The number of benzene rings is 1. The Morgan fingerprint density at radius 2 is 1.80 bits per heavy atom. The van der Waals surface area contributed by atoms with Gasteiger partial charge < -0.3 is 5.32 Å². The van der Waals surface area contributed by atoms with Gasteiger partial charge in [-0.2, -0.15) is 0 Å². The highest BCUT2D eigenvalue weighted by atomic mass is 14.9. The van der Waals surface area contributed by atoms with Gasteiger partial charge in [-0.15, -0.1) is 0 Å². The van der Waals surface area contributed by atoms with Crippen LogP contribution in [0.25, 0.3) is 0 Å². The minimum atomic E-state index is 0.428. The summed E-state index contributed by atoms with van der Waals surface area (Å²) in [6, 6.07) is 8.89. The zero-order chi connectivity index (χ0) is 14.8. The van der Waals surface area contributed by atoms with E-state index in [2.05, 4.69) is 57.3 Å². The second-order valence-corrected chi connectivity index (χ2v) is 6.24. The van der Waals surface area contributed by atoms with E-state index in [1.54, 1.807) is 0 Å².